The quantitative estimate of drug-likeness (QED) is 0.127. The number of ether oxygens (including phenoxy) is 1. The van der Waals surface area contributed by atoms with Gasteiger partial charge in [-0.1, -0.05) is 82.7 Å². The number of nitrogens with zero attached hydrogens (tertiary/aromatic N) is 1. The number of benzene rings is 4. The molecule has 7 nitrogen and oxygen atoms in total. The van der Waals surface area contributed by atoms with Crippen molar-refractivity contribution in [1.29, 1.82) is 0 Å². The number of hydrazone groups is 1. The van der Waals surface area contributed by atoms with Crippen molar-refractivity contribution in [3.05, 3.63) is 136 Å². The summed E-state index contributed by atoms with van der Waals surface area (Å²) < 4.78 is 6.16. The van der Waals surface area contributed by atoms with Crippen LogP contribution >= 0.6 is 15.9 Å². The summed E-state index contributed by atoms with van der Waals surface area (Å²) in [5.41, 5.74) is 5.19. The molecule has 0 aromatic heterocycles. The molecule has 0 radical (unpaired) electrons. The van der Waals surface area contributed by atoms with Crippen molar-refractivity contribution in [3.8, 4) is 5.75 Å². The minimum atomic E-state index is -0.537. The molecule has 0 aliphatic heterocycles. The summed E-state index contributed by atoms with van der Waals surface area (Å²) in [6.07, 6.45) is 1.45. The fourth-order valence-electron chi connectivity index (χ4n) is 3.68. The average molecular weight is 570 g/mol. The number of hydrogen-bond donors (Lipinski definition) is 2. The lowest BCUT2D eigenvalue weighted by molar-refractivity contribution is -0.126. The molecule has 0 spiro atoms. The summed E-state index contributed by atoms with van der Waals surface area (Å²) in [5, 5.41) is 6.63. The van der Waals surface area contributed by atoms with Crippen molar-refractivity contribution in [2.24, 2.45) is 5.10 Å². The van der Waals surface area contributed by atoms with Crippen LogP contribution in [0.5, 0.6) is 5.75 Å². The van der Waals surface area contributed by atoms with Crippen LogP contribution in [-0.4, -0.2) is 30.5 Å². The largest absolute Gasteiger partial charge is 0.423 e. The highest BCUT2D eigenvalue weighted by molar-refractivity contribution is 9.10. The third-order valence-electron chi connectivity index (χ3n) is 5.51. The topological polar surface area (TPSA) is 96.9 Å². The molecule has 0 unspecified atom stereocenters. The van der Waals surface area contributed by atoms with Crippen LogP contribution in [0.2, 0.25) is 0 Å². The SMILES string of the molecule is O=C(CNC(=O)C(c1ccccc1)c1ccccc1)N/N=C\c1ccc(OC(=O)c2cccc(Br)c2)cc1. The summed E-state index contributed by atoms with van der Waals surface area (Å²) in [6.45, 7) is -0.225. The number of esters is 1. The van der Waals surface area contributed by atoms with E-state index in [2.05, 4.69) is 31.8 Å². The summed E-state index contributed by atoms with van der Waals surface area (Å²) in [6, 6.07) is 32.4. The van der Waals surface area contributed by atoms with Gasteiger partial charge in [-0.2, -0.15) is 5.10 Å². The molecule has 0 aliphatic rings. The van der Waals surface area contributed by atoms with Gasteiger partial charge in [-0.05, 0) is 59.2 Å². The van der Waals surface area contributed by atoms with Gasteiger partial charge in [-0.3, -0.25) is 9.59 Å². The first-order valence-electron chi connectivity index (χ1n) is 11.8. The Balaban J connectivity index is 1.28. The Kier molecular flexibility index (Phi) is 9.15. The zero-order valence-electron chi connectivity index (χ0n) is 20.2. The van der Waals surface area contributed by atoms with E-state index in [1.54, 1.807) is 42.5 Å². The molecule has 190 valence electrons. The molecule has 4 rings (SSSR count). The fourth-order valence-corrected chi connectivity index (χ4v) is 4.08. The number of nitrogens with one attached hydrogen (secondary N) is 2. The average Bonchev–Trinajstić information content (AvgIpc) is 2.94. The number of carbonyl (C=O) groups excluding carboxylic acids is 3. The highest BCUT2D eigenvalue weighted by Crippen LogP contribution is 2.24. The van der Waals surface area contributed by atoms with Crippen LogP contribution in [0, 0.1) is 0 Å². The fraction of sp³-hybridized carbons (Fsp3) is 0.0667. The number of rotatable bonds is 9. The molecule has 0 fully saturated rings. The molecular formula is C30H24BrN3O4. The van der Waals surface area contributed by atoms with Crippen LogP contribution in [0.15, 0.2) is 119 Å². The summed E-state index contributed by atoms with van der Waals surface area (Å²) in [7, 11) is 0. The third-order valence-corrected chi connectivity index (χ3v) is 6.00. The normalized spacial score (nSPS) is 10.8. The van der Waals surface area contributed by atoms with Crippen molar-refractivity contribution in [2.75, 3.05) is 6.54 Å². The molecule has 2 amide bonds. The van der Waals surface area contributed by atoms with Gasteiger partial charge >= 0.3 is 5.97 Å². The Labute approximate surface area is 228 Å². The zero-order valence-corrected chi connectivity index (χ0v) is 21.8. The van der Waals surface area contributed by atoms with E-state index in [0.717, 1.165) is 15.6 Å². The molecule has 0 saturated carbocycles. The van der Waals surface area contributed by atoms with E-state index < -0.39 is 17.8 Å². The molecule has 0 atom stereocenters. The van der Waals surface area contributed by atoms with E-state index in [9.17, 15) is 14.4 Å². The monoisotopic (exact) mass is 569 g/mol. The second kappa shape index (κ2) is 13.1. The Morgan fingerprint density at radius 3 is 2.05 bits per heavy atom. The van der Waals surface area contributed by atoms with Gasteiger partial charge in [-0.25, -0.2) is 10.2 Å². The van der Waals surface area contributed by atoms with Gasteiger partial charge in [0.1, 0.15) is 5.75 Å². The van der Waals surface area contributed by atoms with Gasteiger partial charge in [0.05, 0.1) is 24.2 Å². The van der Waals surface area contributed by atoms with Gasteiger partial charge in [-0.15, -0.1) is 0 Å². The molecular weight excluding hydrogens is 546 g/mol. The van der Waals surface area contributed by atoms with Crippen molar-refractivity contribution >= 4 is 39.9 Å². The first-order chi connectivity index (χ1) is 18.5. The molecule has 0 saturated heterocycles. The van der Waals surface area contributed by atoms with Crippen LogP contribution in [0.1, 0.15) is 33.0 Å². The van der Waals surface area contributed by atoms with Gasteiger partial charge in [0.15, 0.2) is 0 Å². The van der Waals surface area contributed by atoms with Crippen LogP contribution < -0.4 is 15.5 Å². The maximum atomic E-state index is 13.0. The summed E-state index contributed by atoms with van der Waals surface area (Å²) in [4.78, 5) is 37.5. The molecule has 38 heavy (non-hydrogen) atoms. The lowest BCUT2D eigenvalue weighted by atomic mass is 9.90. The molecule has 8 heteroatoms. The van der Waals surface area contributed by atoms with Gasteiger partial charge in [0, 0.05) is 4.47 Å². The third kappa shape index (κ3) is 7.47. The second-order valence-electron chi connectivity index (χ2n) is 8.23. The van der Waals surface area contributed by atoms with Crippen LogP contribution in [0.4, 0.5) is 0 Å². The maximum absolute atomic E-state index is 13.0. The van der Waals surface area contributed by atoms with Crippen molar-refractivity contribution < 1.29 is 19.1 Å². The minimum absolute atomic E-state index is 0.225. The number of carbonyl (C=O) groups is 3. The molecule has 0 heterocycles. The number of halogens is 1. The van der Waals surface area contributed by atoms with Gasteiger partial charge < -0.3 is 10.1 Å². The van der Waals surface area contributed by atoms with Crippen molar-refractivity contribution in [3.63, 3.8) is 0 Å². The van der Waals surface area contributed by atoms with E-state index in [-0.39, 0.29) is 12.5 Å². The van der Waals surface area contributed by atoms with Crippen LogP contribution in [0.25, 0.3) is 0 Å². The van der Waals surface area contributed by atoms with E-state index in [1.807, 2.05) is 66.7 Å². The Morgan fingerprint density at radius 1 is 0.816 bits per heavy atom. The van der Waals surface area contributed by atoms with Crippen molar-refractivity contribution in [2.45, 2.75) is 5.92 Å². The smallest absolute Gasteiger partial charge is 0.343 e. The van der Waals surface area contributed by atoms with Crippen molar-refractivity contribution in [1.82, 2.24) is 10.7 Å². The summed E-state index contributed by atoms with van der Waals surface area (Å²) in [5.74, 6) is -1.37. The van der Waals surface area contributed by atoms with Crippen LogP contribution in [-0.2, 0) is 9.59 Å². The van der Waals surface area contributed by atoms with E-state index in [4.69, 9.17) is 4.74 Å². The molecule has 4 aromatic rings. The molecule has 0 bridgehead atoms. The Morgan fingerprint density at radius 2 is 1.45 bits per heavy atom. The minimum Gasteiger partial charge on any atom is -0.423 e. The molecule has 2 N–H and O–H groups in total. The second-order valence-corrected chi connectivity index (χ2v) is 9.15. The van der Waals surface area contributed by atoms with E-state index >= 15 is 0 Å². The lowest BCUT2D eigenvalue weighted by Crippen LogP contribution is -2.37. The van der Waals surface area contributed by atoms with E-state index in [0.29, 0.717) is 16.9 Å². The first-order valence-corrected chi connectivity index (χ1v) is 12.6. The van der Waals surface area contributed by atoms with Gasteiger partial charge in [0.25, 0.3) is 5.91 Å². The highest BCUT2D eigenvalue weighted by Gasteiger charge is 2.22. The Hall–Kier alpha value is -4.56. The number of hydrogen-bond acceptors (Lipinski definition) is 5. The number of amides is 2. The summed E-state index contributed by atoms with van der Waals surface area (Å²) >= 11 is 3.33. The standard InChI is InChI=1S/C30H24BrN3O4/c31-25-13-7-12-24(18-25)30(37)38-26-16-14-21(15-17-26)19-33-34-27(35)20-32-29(36)28(22-8-3-1-4-9-22)23-10-5-2-6-11-23/h1-19,28H,20H2,(H,32,36)(H,34,35)/b33-19-. The van der Waals surface area contributed by atoms with E-state index in [1.165, 1.54) is 6.21 Å². The predicted molar refractivity (Wildman–Crippen MR) is 149 cm³/mol. The first kappa shape index (κ1) is 26.5. The van der Waals surface area contributed by atoms with Crippen LogP contribution in [0.3, 0.4) is 0 Å². The maximum Gasteiger partial charge on any atom is 0.343 e. The predicted octanol–water partition coefficient (Wildman–Crippen LogP) is 5.07. The molecule has 4 aromatic carbocycles. The highest BCUT2D eigenvalue weighted by atomic mass is 79.9. The zero-order chi connectivity index (χ0) is 26.7. The Bertz CT molecular complexity index is 1390. The van der Waals surface area contributed by atoms with Gasteiger partial charge in [0.2, 0.25) is 5.91 Å². The lowest BCUT2D eigenvalue weighted by Gasteiger charge is -2.17. The molecule has 0 aliphatic carbocycles.